The topological polar surface area (TPSA) is 29.3 Å². The summed E-state index contributed by atoms with van der Waals surface area (Å²) in [5, 5.41) is 0. The maximum Gasteiger partial charge on any atom is 0.0473 e. The average molecular weight is 234 g/mol. The zero-order valence-corrected chi connectivity index (χ0v) is 11.8. The van der Waals surface area contributed by atoms with E-state index in [-0.39, 0.29) is 0 Å². The van der Waals surface area contributed by atoms with Crippen LogP contribution in [0.1, 0.15) is 43.5 Å². The van der Waals surface area contributed by atoms with Crippen molar-refractivity contribution in [1.29, 1.82) is 0 Å². The Labute approximate surface area is 106 Å². The predicted molar refractivity (Wildman–Crippen MR) is 75.2 cm³/mol. The predicted octanol–water partition coefficient (Wildman–Crippen LogP) is 3.03. The van der Waals surface area contributed by atoms with E-state index >= 15 is 0 Å². The first-order valence-electron chi connectivity index (χ1n) is 6.54. The van der Waals surface area contributed by atoms with Gasteiger partial charge in [0.2, 0.25) is 0 Å². The number of nitrogens with zero attached hydrogens (tertiary/aromatic N) is 1. The van der Waals surface area contributed by atoms with Gasteiger partial charge in [-0.05, 0) is 50.9 Å². The van der Waals surface area contributed by atoms with Crippen LogP contribution in [0.5, 0.6) is 0 Å². The van der Waals surface area contributed by atoms with Crippen LogP contribution in [-0.2, 0) is 0 Å². The van der Waals surface area contributed by atoms with Crippen LogP contribution in [0.3, 0.4) is 0 Å². The molecule has 2 heteroatoms. The molecule has 1 rings (SSSR count). The van der Waals surface area contributed by atoms with Crippen LogP contribution in [0.4, 0.5) is 0 Å². The molecule has 2 N–H and O–H groups in total. The molecule has 1 aromatic rings. The van der Waals surface area contributed by atoms with E-state index in [0.29, 0.717) is 18.6 Å². The summed E-state index contributed by atoms with van der Waals surface area (Å²) in [6.07, 6.45) is 0. The third kappa shape index (κ3) is 3.30. The normalized spacial score (nSPS) is 13.4. The van der Waals surface area contributed by atoms with Crippen molar-refractivity contribution >= 4 is 0 Å². The summed E-state index contributed by atoms with van der Waals surface area (Å²) < 4.78 is 0. The largest absolute Gasteiger partial charge is 0.329 e. The molecule has 0 aliphatic rings. The van der Waals surface area contributed by atoms with Crippen molar-refractivity contribution < 1.29 is 0 Å². The van der Waals surface area contributed by atoms with E-state index in [2.05, 4.69) is 57.7 Å². The molecular formula is C15H26N2. The van der Waals surface area contributed by atoms with E-state index in [1.807, 2.05) is 0 Å². The van der Waals surface area contributed by atoms with Gasteiger partial charge in [-0.25, -0.2) is 0 Å². The average Bonchev–Trinajstić information content (AvgIpc) is 2.29. The monoisotopic (exact) mass is 234 g/mol. The van der Waals surface area contributed by atoms with Gasteiger partial charge in [0.1, 0.15) is 0 Å². The Balaban J connectivity index is 3.03. The van der Waals surface area contributed by atoms with Crippen molar-refractivity contribution in [1.82, 2.24) is 4.90 Å². The van der Waals surface area contributed by atoms with E-state index in [1.165, 1.54) is 16.7 Å². The summed E-state index contributed by atoms with van der Waals surface area (Å²) in [5.74, 6) is 0. The van der Waals surface area contributed by atoms with Crippen LogP contribution >= 0.6 is 0 Å². The molecule has 0 aliphatic heterocycles. The van der Waals surface area contributed by atoms with Gasteiger partial charge in [-0.3, -0.25) is 4.90 Å². The third-order valence-electron chi connectivity index (χ3n) is 3.57. The molecule has 0 radical (unpaired) electrons. The molecular weight excluding hydrogens is 208 g/mol. The van der Waals surface area contributed by atoms with Gasteiger partial charge in [-0.2, -0.15) is 0 Å². The number of aryl methyl sites for hydroxylation is 2. The first-order chi connectivity index (χ1) is 8.01. The lowest BCUT2D eigenvalue weighted by Gasteiger charge is -2.33. The van der Waals surface area contributed by atoms with E-state index < -0.39 is 0 Å². The molecule has 1 aromatic carbocycles. The van der Waals surface area contributed by atoms with Crippen molar-refractivity contribution in [3.8, 4) is 0 Å². The van der Waals surface area contributed by atoms with Gasteiger partial charge in [0.15, 0.2) is 0 Å². The minimum absolute atomic E-state index is 0.333. The minimum Gasteiger partial charge on any atom is -0.329 e. The zero-order valence-electron chi connectivity index (χ0n) is 11.8. The van der Waals surface area contributed by atoms with Crippen LogP contribution in [0.25, 0.3) is 0 Å². The molecule has 96 valence electrons. The Morgan fingerprint density at radius 1 is 1.18 bits per heavy atom. The van der Waals surface area contributed by atoms with Gasteiger partial charge >= 0.3 is 0 Å². The molecule has 0 bridgehead atoms. The Morgan fingerprint density at radius 2 is 1.82 bits per heavy atom. The van der Waals surface area contributed by atoms with Crippen LogP contribution in [0.2, 0.25) is 0 Å². The van der Waals surface area contributed by atoms with E-state index in [9.17, 15) is 0 Å². The summed E-state index contributed by atoms with van der Waals surface area (Å²) in [6.45, 7) is 12.7. The molecule has 0 heterocycles. The van der Waals surface area contributed by atoms with Crippen LogP contribution in [0.15, 0.2) is 18.2 Å². The third-order valence-corrected chi connectivity index (χ3v) is 3.57. The SMILES string of the molecule is CCN(C(C)C)C(CN)c1ccc(C)c(C)c1. The first-order valence-corrected chi connectivity index (χ1v) is 6.54. The number of hydrogen-bond acceptors (Lipinski definition) is 2. The number of rotatable bonds is 5. The summed E-state index contributed by atoms with van der Waals surface area (Å²) in [4.78, 5) is 2.45. The van der Waals surface area contributed by atoms with Gasteiger partial charge in [-0.1, -0.05) is 25.1 Å². The quantitative estimate of drug-likeness (QED) is 0.848. The molecule has 0 amide bonds. The second kappa shape index (κ2) is 6.18. The Morgan fingerprint density at radius 3 is 2.24 bits per heavy atom. The maximum atomic E-state index is 5.97. The Hall–Kier alpha value is -0.860. The molecule has 17 heavy (non-hydrogen) atoms. The molecule has 0 saturated heterocycles. The number of hydrogen-bond donors (Lipinski definition) is 1. The molecule has 0 aromatic heterocycles. The van der Waals surface area contributed by atoms with Gasteiger partial charge in [-0.15, -0.1) is 0 Å². The molecule has 0 saturated carbocycles. The van der Waals surface area contributed by atoms with E-state index in [4.69, 9.17) is 5.73 Å². The van der Waals surface area contributed by atoms with Gasteiger partial charge < -0.3 is 5.73 Å². The zero-order chi connectivity index (χ0) is 13.0. The van der Waals surface area contributed by atoms with Crippen molar-refractivity contribution in [2.45, 2.75) is 46.7 Å². The van der Waals surface area contributed by atoms with Gasteiger partial charge in [0, 0.05) is 18.6 Å². The van der Waals surface area contributed by atoms with Crippen molar-refractivity contribution in [3.05, 3.63) is 34.9 Å². The molecule has 2 nitrogen and oxygen atoms in total. The molecule has 1 unspecified atom stereocenters. The molecule has 0 aliphatic carbocycles. The fourth-order valence-corrected chi connectivity index (χ4v) is 2.38. The van der Waals surface area contributed by atoms with Crippen LogP contribution < -0.4 is 5.73 Å². The van der Waals surface area contributed by atoms with Crippen molar-refractivity contribution in [2.24, 2.45) is 5.73 Å². The summed E-state index contributed by atoms with van der Waals surface area (Å²) in [6, 6.07) is 7.54. The molecule has 0 spiro atoms. The van der Waals surface area contributed by atoms with Gasteiger partial charge in [0.05, 0.1) is 0 Å². The molecule has 1 atom stereocenters. The maximum absolute atomic E-state index is 5.97. The number of nitrogens with two attached hydrogens (primary N) is 1. The number of benzene rings is 1. The van der Waals surface area contributed by atoms with E-state index in [1.54, 1.807) is 0 Å². The Bertz CT molecular complexity index is 358. The lowest BCUT2D eigenvalue weighted by Crippen LogP contribution is -2.38. The van der Waals surface area contributed by atoms with Crippen molar-refractivity contribution in [3.63, 3.8) is 0 Å². The van der Waals surface area contributed by atoms with Crippen LogP contribution in [0, 0.1) is 13.8 Å². The lowest BCUT2D eigenvalue weighted by atomic mass is 9.99. The summed E-state index contributed by atoms with van der Waals surface area (Å²) in [7, 11) is 0. The lowest BCUT2D eigenvalue weighted by molar-refractivity contribution is 0.166. The number of likely N-dealkylation sites (N-methyl/N-ethyl adjacent to an activating group) is 1. The molecule has 0 fully saturated rings. The summed E-state index contributed by atoms with van der Waals surface area (Å²) >= 11 is 0. The highest BCUT2D eigenvalue weighted by molar-refractivity contribution is 5.32. The fraction of sp³-hybridized carbons (Fsp3) is 0.600. The summed E-state index contributed by atoms with van der Waals surface area (Å²) in [5.41, 5.74) is 10.00. The Kier molecular flexibility index (Phi) is 5.16. The first kappa shape index (κ1) is 14.2. The fourth-order valence-electron chi connectivity index (χ4n) is 2.38. The second-order valence-corrected chi connectivity index (χ2v) is 5.02. The minimum atomic E-state index is 0.333. The second-order valence-electron chi connectivity index (χ2n) is 5.02. The standard InChI is InChI=1S/C15H26N2/c1-6-17(11(2)3)15(10-16)14-8-7-12(4)13(5)9-14/h7-9,11,15H,6,10,16H2,1-5H3. The van der Waals surface area contributed by atoms with Crippen LogP contribution in [-0.4, -0.2) is 24.0 Å². The smallest absolute Gasteiger partial charge is 0.0473 e. The highest BCUT2D eigenvalue weighted by Crippen LogP contribution is 2.23. The highest BCUT2D eigenvalue weighted by atomic mass is 15.2. The van der Waals surface area contributed by atoms with Crippen molar-refractivity contribution in [2.75, 3.05) is 13.1 Å². The highest BCUT2D eigenvalue weighted by Gasteiger charge is 2.20. The van der Waals surface area contributed by atoms with Gasteiger partial charge in [0.25, 0.3) is 0 Å². The van der Waals surface area contributed by atoms with E-state index in [0.717, 1.165) is 6.54 Å².